The molecule has 1 heterocycles. The maximum Gasteiger partial charge on any atom is 0.139 e. The molecule has 1 aromatic rings. The molecule has 3 N–H and O–H groups in total. The molecular formula is C14H18BrFN4. The molecule has 1 aliphatic rings. The van der Waals surface area contributed by atoms with Crippen LogP contribution in [0.2, 0.25) is 0 Å². The van der Waals surface area contributed by atoms with Crippen molar-refractivity contribution in [3.05, 3.63) is 21.9 Å². The number of nitrogens with one attached hydrogen (secondary N) is 3. The van der Waals surface area contributed by atoms with E-state index in [0.717, 1.165) is 0 Å². The number of amidine groups is 2. The number of halogens is 2. The Morgan fingerprint density at radius 1 is 1.50 bits per heavy atom. The Balaban J connectivity index is 2.75. The van der Waals surface area contributed by atoms with Gasteiger partial charge >= 0.3 is 0 Å². The largest absolute Gasteiger partial charge is 0.371 e. The topological polar surface area (TPSA) is 63.0 Å². The monoisotopic (exact) mass is 340 g/mol. The summed E-state index contributed by atoms with van der Waals surface area (Å²) in [5, 5.41) is 19.7. The molecule has 0 aliphatic carbocycles. The zero-order valence-electron chi connectivity index (χ0n) is 12.0. The molecular weight excluding hydrogens is 323 g/mol. The van der Waals surface area contributed by atoms with Crippen LogP contribution in [0.4, 0.5) is 15.8 Å². The lowest BCUT2D eigenvalue weighted by atomic mass is 9.95. The molecule has 0 radical (unpaired) electrons. The van der Waals surface area contributed by atoms with Gasteiger partial charge in [0.1, 0.15) is 17.5 Å². The summed E-state index contributed by atoms with van der Waals surface area (Å²) in [6.45, 7) is 7.36. The molecule has 6 heteroatoms. The quantitative estimate of drug-likeness (QED) is 0.528. The third-order valence-electron chi connectivity index (χ3n) is 3.51. The third-order valence-corrected chi connectivity index (χ3v) is 4.49. The Morgan fingerprint density at radius 2 is 2.10 bits per heavy atom. The Morgan fingerprint density at radius 3 is 2.65 bits per heavy atom. The minimum atomic E-state index is -0.652. The van der Waals surface area contributed by atoms with E-state index in [2.05, 4.69) is 21.2 Å². The molecule has 0 unspecified atom stereocenters. The zero-order chi connectivity index (χ0) is 15.2. The minimum absolute atomic E-state index is 0.290. The smallest absolute Gasteiger partial charge is 0.139 e. The van der Waals surface area contributed by atoms with Gasteiger partial charge in [0.2, 0.25) is 0 Å². The van der Waals surface area contributed by atoms with Crippen molar-refractivity contribution in [3.8, 4) is 0 Å². The highest BCUT2D eigenvalue weighted by atomic mass is 79.9. The molecule has 108 valence electrons. The minimum Gasteiger partial charge on any atom is -0.371 e. The van der Waals surface area contributed by atoms with Crippen LogP contribution in [0, 0.1) is 23.6 Å². The predicted molar refractivity (Wildman–Crippen MR) is 84.8 cm³/mol. The van der Waals surface area contributed by atoms with Gasteiger partial charge in [-0.2, -0.15) is 0 Å². The molecule has 1 aliphatic heterocycles. The van der Waals surface area contributed by atoms with Gasteiger partial charge in [-0.25, -0.2) is 4.39 Å². The molecule has 0 fully saturated rings. The first kappa shape index (κ1) is 15.0. The molecule has 0 saturated carbocycles. The van der Waals surface area contributed by atoms with E-state index >= 15 is 0 Å². The van der Waals surface area contributed by atoms with Crippen LogP contribution < -0.4 is 10.2 Å². The summed E-state index contributed by atoms with van der Waals surface area (Å²) in [5.41, 5.74) is 1.32. The lowest BCUT2D eigenvalue weighted by Gasteiger charge is -2.43. The maximum absolute atomic E-state index is 13.9. The third kappa shape index (κ3) is 2.12. The van der Waals surface area contributed by atoms with Gasteiger partial charge in [0.05, 0.1) is 21.4 Å². The summed E-state index contributed by atoms with van der Waals surface area (Å²) in [6.07, 6.45) is 0.506. The van der Waals surface area contributed by atoms with E-state index < -0.39 is 5.54 Å². The molecule has 4 nitrogen and oxygen atoms in total. The van der Waals surface area contributed by atoms with E-state index in [1.165, 1.54) is 6.07 Å². The number of hydrogen-bond donors (Lipinski definition) is 3. The normalized spacial score (nSPS) is 16.7. The van der Waals surface area contributed by atoms with Crippen molar-refractivity contribution >= 4 is 39.0 Å². The maximum atomic E-state index is 13.9. The molecule has 0 spiro atoms. The van der Waals surface area contributed by atoms with Crippen LogP contribution in [0.3, 0.4) is 0 Å². The molecule has 0 bridgehead atoms. The number of benzene rings is 1. The Bertz CT molecular complexity index is 610. The van der Waals surface area contributed by atoms with Crippen molar-refractivity contribution < 1.29 is 4.39 Å². The SMILES string of the molecule is CCC(=N)N1C(=N)C(C)(C)Nc2cc(F)c(Br)c(C)c21. The molecule has 0 amide bonds. The molecule has 20 heavy (non-hydrogen) atoms. The lowest BCUT2D eigenvalue weighted by molar-refractivity contribution is 0.618. The Labute approximate surface area is 126 Å². The number of hydrogen-bond acceptors (Lipinski definition) is 3. The van der Waals surface area contributed by atoms with Crippen LogP contribution in [0.1, 0.15) is 32.8 Å². The summed E-state index contributed by atoms with van der Waals surface area (Å²) in [6, 6.07) is 1.41. The van der Waals surface area contributed by atoms with Crippen molar-refractivity contribution in [1.29, 1.82) is 10.8 Å². The average molecular weight is 341 g/mol. The average Bonchev–Trinajstić information content (AvgIpc) is 2.37. The number of fused-ring (bicyclic) bond motifs is 1. The van der Waals surface area contributed by atoms with E-state index in [-0.39, 0.29) is 5.82 Å². The van der Waals surface area contributed by atoms with Gasteiger partial charge in [-0.15, -0.1) is 0 Å². The molecule has 0 aromatic heterocycles. The van der Waals surface area contributed by atoms with E-state index in [4.69, 9.17) is 10.8 Å². The van der Waals surface area contributed by atoms with Crippen molar-refractivity contribution in [2.45, 2.75) is 39.7 Å². The highest BCUT2D eigenvalue weighted by Crippen LogP contribution is 2.42. The molecule has 1 aromatic carbocycles. The first-order chi connectivity index (χ1) is 9.20. The fourth-order valence-electron chi connectivity index (χ4n) is 2.34. The van der Waals surface area contributed by atoms with Crippen molar-refractivity contribution in [2.75, 3.05) is 10.2 Å². The second-order valence-electron chi connectivity index (χ2n) is 5.43. The van der Waals surface area contributed by atoms with Crippen molar-refractivity contribution in [2.24, 2.45) is 0 Å². The summed E-state index contributed by atoms with van der Waals surface area (Å²) < 4.78 is 14.3. The van der Waals surface area contributed by atoms with Gasteiger partial charge in [-0.05, 0) is 42.3 Å². The molecule has 0 saturated heterocycles. The van der Waals surface area contributed by atoms with Gasteiger partial charge in [0.15, 0.2) is 0 Å². The first-order valence-corrected chi connectivity index (χ1v) is 7.23. The molecule has 2 rings (SSSR count). The summed E-state index contributed by atoms with van der Waals surface area (Å²) >= 11 is 3.23. The highest BCUT2D eigenvalue weighted by molar-refractivity contribution is 9.10. The van der Waals surface area contributed by atoms with Gasteiger partial charge in [-0.1, -0.05) is 6.92 Å². The van der Waals surface area contributed by atoms with E-state index in [1.54, 1.807) is 11.8 Å². The van der Waals surface area contributed by atoms with Crippen LogP contribution in [0.25, 0.3) is 0 Å². The second kappa shape index (κ2) is 4.84. The summed E-state index contributed by atoms with van der Waals surface area (Å²) in [4.78, 5) is 1.60. The lowest BCUT2D eigenvalue weighted by Crippen LogP contribution is -2.55. The van der Waals surface area contributed by atoms with E-state index in [0.29, 0.717) is 39.5 Å². The summed E-state index contributed by atoms with van der Waals surface area (Å²) in [5.74, 6) is 0.270. The van der Waals surface area contributed by atoms with Crippen LogP contribution in [0.5, 0.6) is 0 Å². The van der Waals surface area contributed by atoms with E-state index in [1.807, 2.05) is 20.8 Å². The van der Waals surface area contributed by atoms with Gasteiger partial charge in [0, 0.05) is 12.5 Å². The number of anilines is 2. The highest BCUT2D eigenvalue weighted by Gasteiger charge is 2.38. The number of rotatable bonds is 1. The van der Waals surface area contributed by atoms with Crippen LogP contribution in [-0.4, -0.2) is 17.2 Å². The standard InChI is InChI=1S/C14H18BrFN4/c1-5-10(17)20-12-7(2)11(15)8(16)6-9(12)19-14(3,4)13(20)18/h6,17-19H,5H2,1-4H3. The first-order valence-electron chi connectivity index (χ1n) is 6.44. The van der Waals surface area contributed by atoms with E-state index in [9.17, 15) is 4.39 Å². The fourth-order valence-corrected chi connectivity index (χ4v) is 2.64. The Kier molecular flexibility index (Phi) is 3.62. The zero-order valence-corrected chi connectivity index (χ0v) is 13.6. The van der Waals surface area contributed by atoms with Gasteiger partial charge < -0.3 is 5.32 Å². The number of nitrogens with zero attached hydrogens (tertiary/aromatic N) is 1. The van der Waals surface area contributed by atoms with Crippen molar-refractivity contribution in [1.82, 2.24) is 0 Å². The fraction of sp³-hybridized carbons (Fsp3) is 0.429. The second-order valence-corrected chi connectivity index (χ2v) is 6.22. The van der Waals surface area contributed by atoms with Crippen LogP contribution in [0.15, 0.2) is 10.5 Å². The van der Waals surface area contributed by atoms with Crippen LogP contribution in [-0.2, 0) is 0 Å². The van der Waals surface area contributed by atoms with Gasteiger partial charge in [-0.3, -0.25) is 15.7 Å². The van der Waals surface area contributed by atoms with Gasteiger partial charge in [0.25, 0.3) is 0 Å². The Hall–Kier alpha value is -1.43. The summed E-state index contributed by atoms with van der Waals surface area (Å²) in [7, 11) is 0. The molecule has 0 atom stereocenters. The van der Waals surface area contributed by atoms with Crippen molar-refractivity contribution in [3.63, 3.8) is 0 Å². The van der Waals surface area contributed by atoms with Crippen LogP contribution >= 0.6 is 15.9 Å². The predicted octanol–water partition coefficient (Wildman–Crippen LogP) is 4.27.